The maximum Gasteiger partial charge on any atom is 0.271 e. The molecule has 0 unspecified atom stereocenters. The quantitative estimate of drug-likeness (QED) is 0.272. The summed E-state index contributed by atoms with van der Waals surface area (Å²) in [5.74, 6) is -1.41. The first-order valence-electron chi connectivity index (χ1n) is 12.5. The molecule has 3 N–H and O–H groups in total. The molecule has 2 aliphatic heterocycles. The number of anilines is 1. The normalized spacial score (nSPS) is 16.3. The molecule has 2 heterocycles. The largest absolute Gasteiger partial charge is 0.348 e. The summed E-state index contributed by atoms with van der Waals surface area (Å²) < 4.78 is 27.9. The number of rotatable bonds is 9. The number of nitrogens with one attached hydrogen (secondary N) is 3. The van der Waals surface area contributed by atoms with E-state index in [0.29, 0.717) is 23.9 Å². The van der Waals surface area contributed by atoms with Crippen molar-refractivity contribution in [1.82, 2.24) is 14.9 Å². The number of sulfonamides is 1. The first kappa shape index (κ1) is 30.9. The average Bonchev–Trinajstić information content (AvgIpc) is 3.40. The van der Waals surface area contributed by atoms with Gasteiger partial charge in [-0.3, -0.25) is 19.4 Å². The Morgan fingerprint density at radius 3 is 2.39 bits per heavy atom. The van der Waals surface area contributed by atoms with Crippen LogP contribution in [0.15, 0.2) is 76.3 Å². The van der Waals surface area contributed by atoms with Gasteiger partial charge >= 0.3 is 0 Å². The monoisotopic (exact) mass is 681 g/mol. The number of benzene rings is 2. The van der Waals surface area contributed by atoms with Crippen molar-refractivity contribution < 1.29 is 22.8 Å². The highest BCUT2D eigenvalue weighted by atomic mass is 79.9. The Kier molecular flexibility index (Phi) is 10.4. The van der Waals surface area contributed by atoms with E-state index in [2.05, 4.69) is 36.9 Å². The van der Waals surface area contributed by atoms with E-state index >= 15 is 0 Å². The van der Waals surface area contributed by atoms with E-state index in [1.807, 2.05) is 0 Å². The lowest BCUT2D eigenvalue weighted by Crippen LogP contribution is -2.48. The predicted octanol–water partition coefficient (Wildman–Crippen LogP) is 3.92. The maximum atomic E-state index is 13.3. The SMILES string of the molecule is O=C(/C=C/CBr)Nc1cccc(S(=O)(=O)N2CCC(NC(=O)C3=NCC=C3NC(=O)c3c(Cl)cccc3Cl)CC2)c1. The molecule has 1 saturated heterocycles. The van der Waals surface area contributed by atoms with Gasteiger partial charge in [-0.25, -0.2) is 8.42 Å². The van der Waals surface area contributed by atoms with E-state index in [9.17, 15) is 22.8 Å². The van der Waals surface area contributed by atoms with Crippen LogP contribution in [-0.4, -0.2) is 67.2 Å². The highest BCUT2D eigenvalue weighted by molar-refractivity contribution is 9.09. The van der Waals surface area contributed by atoms with Crippen LogP contribution >= 0.6 is 39.1 Å². The minimum atomic E-state index is -3.82. The first-order valence-corrected chi connectivity index (χ1v) is 15.9. The molecule has 0 saturated carbocycles. The molecule has 2 aromatic carbocycles. The second-order valence-electron chi connectivity index (χ2n) is 9.08. The Morgan fingerprint density at radius 2 is 1.71 bits per heavy atom. The van der Waals surface area contributed by atoms with E-state index in [-0.39, 0.29) is 63.5 Å². The highest BCUT2D eigenvalue weighted by Crippen LogP contribution is 2.25. The summed E-state index contributed by atoms with van der Waals surface area (Å²) in [6.07, 6.45) is 5.36. The molecular formula is C27H26BrCl2N5O5S. The number of piperidine rings is 1. The van der Waals surface area contributed by atoms with Crippen LogP contribution in [0.25, 0.3) is 0 Å². The molecule has 0 spiro atoms. The van der Waals surface area contributed by atoms with E-state index in [0.717, 1.165) is 0 Å². The van der Waals surface area contributed by atoms with Gasteiger partial charge in [0, 0.05) is 36.2 Å². The average molecular weight is 683 g/mol. The maximum absolute atomic E-state index is 13.3. The van der Waals surface area contributed by atoms with Crippen molar-refractivity contribution in [2.24, 2.45) is 4.99 Å². The van der Waals surface area contributed by atoms with Crippen LogP contribution < -0.4 is 16.0 Å². The Balaban J connectivity index is 1.33. The minimum Gasteiger partial charge on any atom is -0.348 e. The standard InChI is InChI=1S/C27H26BrCl2N5O5S/c28-12-3-8-23(36)32-18-4-1-5-19(16-18)41(39,40)35-14-10-17(11-15-35)33-27(38)25-22(9-13-31-25)34-26(37)24-20(29)6-2-7-21(24)30/h1-9,16-17H,10-15H2,(H,32,36)(H,33,38)(H,34,37)/b8-3+. The number of carbonyl (C=O) groups is 3. The molecular weight excluding hydrogens is 657 g/mol. The van der Waals surface area contributed by atoms with Crippen LogP contribution in [0.3, 0.4) is 0 Å². The van der Waals surface area contributed by atoms with Gasteiger partial charge in [0.15, 0.2) is 0 Å². The lowest BCUT2D eigenvalue weighted by atomic mass is 10.1. The van der Waals surface area contributed by atoms with Gasteiger partial charge in [0.25, 0.3) is 11.8 Å². The number of allylic oxidation sites excluding steroid dienone is 1. The second kappa shape index (κ2) is 13.8. The summed E-state index contributed by atoms with van der Waals surface area (Å²) in [4.78, 5) is 42.0. The number of aliphatic imine (C=N–C) groups is 1. The number of alkyl halides is 1. The summed E-state index contributed by atoms with van der Waals surface area (Å²) in [6, 6.07) is 10.5. The summed E-state index contributed by atoms with van der Waals surface area (Å²) in [5.41, 5.74) is 0.776. The second-order valence-corrected chi connectivity index (χ2v) is 12.5. The highest BCUT2D eigenvalue weighted by Gasteiger charge is 2.32. The topological polar surface area (TPSA) is 137 Å². The molecule has 3 amide bonds. The van der Waals surface area contributed by atoms with Crippen molar-refractivity contribution in [3.8, 4) is 0 Å². The van der Waals surface area contributed by atoms with Crippen LogP contribution in [0.4, 0.5) is 5.69 Å². The Morgan fingerprint density at radius 1 is 1.02 bits per heavy atom. The number of carbonyl (C=O) groups excluding carboxylic acids is 3. The zero-order valence-corrected chi connectivity index (χ0v) is 25.5. The molecule has 2 aromatic rings. The fourth-order valence-corrected chi connectivity index (χ4v) is 6.60. The number of hydrogen-bond acceptors (Lipinski definition) is 6. The van der Waals surface area contributed by atoms with E-state index in [1.54, 1.807) is 42.5 Å². The Hall–Kier alpha value is -3.03. The smallest absolute Gasteiger partial charge is 0.271 e. The van der Waals surface area contributed by atoms with E-state index in [4.69, 9.17) is 23.2 Å². The lowest BCUT2D eigenvalue weighted by molar-refractivity contribution is -0.115. The summed E-state index contributed by atoms with van der Waals surface area (Å²) >= 11 is 15.4. The zero-order valence-electron chi connectivity index (χ0n) is 21.6. The van der Waals surface area contributed by atoms with E-state index in [1.165, 1.54) is 22.5 Å². The molecule has 41 heavy (non-hydrogen) atoms. The third kappa shape index (κ3) is 7.63. The third-order valence-corrected chi connectivity index (χ3v) is 9.24. The van der Waals surface area contributed by atoms with E-state index < -0.39 is 21.8 Å². The lowest BCUT2D eigenvalue weighted by Gasteiger charge is -2.31. The number of amides is 3. The zero-order chi connectivity index (χ0) is 29.6. The van der Waals surface area contributed by atoms with Crippen LogP contribution in [0.2, 0.25) is 10.0 Å². The number of halogens is 3. The molecule has 2 aliphatic rings. The van der Waals surface area contributed by atoms with Crippen molar-refractivity contribution in [3.05, 3.63) is 82.0 Å². The van der Waals surface area contributed by atoms with Crippen LogP contribution in [-0.2, 0) is 19.6 Å². The first-order chi connectivity index (χ1) is 19.6. The molecule has 0 aromatic heterocycles. The van der Waals surface area contributed by atoms with Crippen LogP contribution in [0.1, 0.15) is 23.2 Å². The Bertz CT molecular complexity index is 1530. The van der Waals surface area contributed by atoms with Crippen molar-refractivity contribution in [1.29, 1.82) is 0 Å². The van der Waals surface area contributed by atoms with Gasteiger partial charge in [0.1, 0.15) is 5.71 Å². The van der Waals surface area contributed by atoms with Gasteiger partial charge < -0.3 is 16.0 Å². The summed E-state index contributed by atoms with van der Waals surface area (Å²) in [5, 5.41) is 9.07. The van der Waals surface area contributed by atoms with Crippen molar-refractivity contribution in [2.45, 2.75) is 23.8 Å². The Labute approximate surface area is 256 Å². The van der Waals surface area contributed by atoms with Crippen molar-refractivity contribution >= 4 is 78.3 Å². The van der Waals surface area contributed by atoms with Crippen molar-refractivity contribution in [2.75, 3.05) is 30.3 Å². The molecule has 0 bridgehead atoms. The van der Waals surface area contributed by atoms with Gasteiger partial charge in [-0.2, -0.15) is 4.31 Å². The molecule has 10 nitrogen and oxygen atoms in total. The van der Waals surface area contributed by atoms with Gasteiger partial charge in [-0.15, -0.1) is 0 Å². The molecule has 0 radical (unpaired) electrons. The summed E-state index contributed by atoms with van der Waals surface area (Å²) in [6.45, 7) is 0.598. The third-order valence-electron chi connectivity index (χ3n) is 6.34. The predicted molar refractivity (Wildman–Crippen MR) is 162 cm³/mol. The molecule has 0 atom stereocenters. The van der Waals surface area contributed by atoms with Gasteiger partial charge in [0.05, 0.1) is 32.7 Å². The molecule has 14 heteroatoms. The number of hydrogen-bond donors (Lipinski definition) is 3. The molecule has 1 fully saturated rings. The molecule has 4 rings (SSSR count). The minimum absolute atomic E-state index is 0.0618. The summed E-state index contributed by atoms with van der Waals surface area (Å²) in [7, 11) is -3.82. The molecule has 216 valence electrons. The molecule has 0 aliphatic carbocycles. The van der Waals surface area contributed by atoms with Crippen molar-refractivity contribution in [3.63, 3.8) is 0 Å². The van der Waals surface area contributed by atoms with Gasteiger partial charge in [-0.05, 0) is 49.2 Å². The van der Waals surface area contributed by atoms with Crippen LogP contribution in [0, 0.1) is 0 Å². The number of nitrogens with zero attached hydrogens (tertiary/aromatic N) is 2. The van der Waals surface area contributed by atoms with Gasteiger partial charge in [-0.1, -0.05) is 57.3 Å². The van der Waals surface area contributed by atoms with Gasteiger partial charge in [0.2, 0.25) is 15.9 Å². The fourth-order valence-electron chi connectivity index (χ4n) is 4.33. The van der Waals surface area contributed by atoms with Crippen LogP contribution in [0.5, 0.6) is 0 Å². The fraction of sp³-hybridized carbons (Fsp3) is 0.259.